The van der Waals surface area contributed by atoms with Crippen LogP contribution in [0.3, 0.4) is 0 Å². The van der Waals surface area contributed by atoms with Crippen LogP contribution in [-0.2, 0) is 9.47 Å². The minimum Gasteiger partial charge on any atom is -0.396 e. The van der Waals surface area contributed by atoms with Gasteiger partial charge in [0.25, 0.3) is 0 Å². The maximum Gasteiger partial charge on any atom is 0.0618 e. The molecular formula is C9H19NO3. The molecule has 0 aliphatic carbocycles. The van der Waals surface area contributed by atoms with Gasteiger partial charge < -0.3 is 14.6 Å². The molecule has 1 N–H and O–H groups in total. The number of rotatable bonds is 5. The minimum absolute atomic E-state index is 0.228. The molecule has 4 nitrogen and oxygen atoms in total. The van der Waals surface area contributed by atoms with Crippen LogP contribution in [0.5, 0.6) is 0 Å². The summed E-state index contributed by atoms with van der Waals surface area (Å²) in [5.41, 5.74) is 0. The number of hydrogen-bond acceptors (Lipinski definition) is 4. The summed E-state index contributed by atoms with van der Waals surface area (Å²) in [5.74, 6) is 0. The van der Waals surface area contributed by atoms with Gasteiger partial charge in [0.05, 0.1) is 19.8 Å². The highest BCUT2D eigenvalue weighted by molar-refractivity contribution is 4.73. The molecule has 0 aromatic heterocycles. The van der Waals surface area contributed by atoms with Crippen molar-refractivity contribution in [3.8, 4) is 0 Å². The third-order valence-corrected chi connectivity index (χ3v) is 2.38. The summed E-state index contributed by atoms with van der Waals surface area (Å²) in [6, 6.07) is 0.346. The van der Waals surface area contributed by atoms with Gasteiger partial charge >= 0.3 is 0 Å². The van der Waals surface area contributed by atoms with Crippen LogP contribution in [0.25, 0.3) is 0 Å². The molecule has 0 radical (unpaired) electrons. The first-order valence-electron chi connectivity index (χ1n) is 4.80. The van der Waals surface area contributed by atoms with E-state index in [-0.39, 0.29) is 6.61 Å². The summed E-state index contributed by atoms with van der Waals surface area (Å²) in [7, 11) is 1.70. The zero-order valence-corrected chi connectivity index (χ0v) is 8.24. The summed E-state index contributed by atoms with van der Waals surface area (Å²) in [6.07, 6.45) is 0.786. The van der Waals surface area contributed by atoms with Gasteiger partial charge in [0.1, 0.15) is 0 Å². The second kappa shape index (κ2) is 6.32. The number of hydrogen-bond donors (Lipinski definition) is 1. The fourth-order valence-electron chi connectivity index (χ4n) is 1.66. The Bertz CT molecular complexity index is 120. The van der Waals surface area contributed by atoms with Gasteiger partial charge in [-0.25, -0.2) is 0 Å². The molecule has 1 rings (SSSR count). The van der Waals surface area contributed by atoms with Crippen molar-refractivity contribution in [2.24, 2.45) is 0 Å². The van der Waals surface area contributed by atoms with E-state index in [0.29, 0.717) is 12.6 Å². The monoisotopic (exact) mass is 189 g/mol. The molecule has 4 heteroatoms. The van der Waals surface area contributed by atoms with Gasteiger partial charge in [-0.15, -0.1) is 0 Å². The Morgan fingerprint density at radius 1 is 1.46 bits per heavy atom. The first kappa shape index (κ1) is 10.9. The summed E-state index contributed by atoms with van der Waals surface area (Å²) in [6.45, 7) is 4.42. The number of ether oxygens (including phenoxy) is 2. The van der Waals surface area contributed by atoms with Crippen molar-refractivity contribution in [3.63, 3.8) is 0 Å². The van der Waals surface area contributed by atoms with E-state index in [1.807, 2.05) is 0 Å². The van der Waals surface area contributed by atoms with E-state index in [9.17, 15) is 0 Å². The summed E-state index contributed by atoms with van der Waals surface area (Å²) in [4.78, 5) is 2.32. The van der Waals surface area contributed by atoms with E-state index >= 15 is 0 Å². The van der Waals surface area contributed by atoms with Crippen molar-refractivity contribution in [1.82, 2.24) is 4.90 Å². The highest BCUT2D eigenvalue weighted by atomic mass is 16.5. The lowest BCUT2D eigenvalue weighted by Gasteiger charge is -2.33. The molecule has 0 amide bonds. The fourth-order valence-corrected chi connectivity index (χ4v) is 1.66. The average Bonchev–Trinajstić information content (AvgIpc) is 2.19. The van der Waals surface area contributed by atoms with Gasteiger partial charge in [-0.2, -0.15) is 0 Å². The lowest BCUT2D eigenvalue weighted by molar-refractivity contribution is -0.00916. The van der Waals surface area contributed by atoms with E-state index in [1.165, 1.54) is 0 Å². The van der Waals surface area contributed by atoms with Crippen LogP contribution < -0.4 is 0 Å². The normalized spacial score (nSPS) is 21.7. The highest BCUT2D eigenvalue weighted by Gasteiger charge is 2.19. The molecular weight excluding hydrogens is 170 g/mol. The maximum atomic E-state index is 8.88. The minimum atomic E-state index is 0.228. The molecule has 13 heavy (non-hydrogen) atoms. The van der Waals surface area contributed by atoms with Gasteiger partial charge in [-0.3, -0.25) is 4.90 Å². The second-order valence-electron chi connectivity index (χ2n) is 3.27. The molecule has 1 atom stereocenters. The number of nitrogens with zero attached hydrogens (tertiary/aromatic N) is 1. The Kier molecular flexibility index (Phi) is 5.31. The van der Waals surface area contributed by atoms with E-state index in [1.54, 1.807) is 7.11 Å². The molecule has 1 fully saturated rings. The quantitative estimate of drug-likeness (QED) is 0.645. The smallest absolute Gasteiger partial charge is 0.0618 e. The highest BCUT2D eigenvalue weighted by Crippen LogP contribution is 2.07. The van der Waals surface area contributed by atoms with Crippen LogP contribution in [-0.4, -0.2) is 62.7 Å². The Balaban J connectivity index is 2.32. The molecule has 1 unspecified atom stereocenters. The molecule has 0 spiro atoms. The Labute approximate surface area is 79.4 Å². The maximum absolute atomic E-state index is 8.88. The zero-order valence-electron chi connectivity index (χ0n) is 8.24. The zero-order chi connectivity index (χ0) is 9.52. The third-order valence-electron chi connectivity index (χ3n) is 2.38. The van der Waals surface area contributed by atoms with E-state index in [0.717, 1.165) is 32.7 Å². The number of aliphatic hydroxyl groups excluding tert-OH is 1. The predicted molar refractivity (Wildman–Crippen MR) is 49.8 cm³/mol. The van der Waals surface area contributed by atoms with Crippen LogP contribution in [0.15, 0.2) is 0 Å². The SMILES string of the molecule is COCC(CCO)N1CCOCC1. The molecule has 1 saturated heterocycles. The summed E-state index contributed by atoms with van der Waals surface area (Å²) < 4.78 is 10.4. The molecule has 78 valence electrons. The first-order chi connectivity index (χ1) is 6.38. The van der Waals surface area contributed by atoms with E-state index < -0.39 is 0 Å². The van der Waals surface area contributed by atoms with Crippen LogP contribution in [0.2, 0.25) is 0 Å². The van der Waals surface area contributed by atoms with Crippen LogP contribution >= 0.6 is 0 Å². The van der Waals surface area contributed by atoms with Gasteiger partial charge in [0.15, 0.2) is 0 Å². The number of aliphatic hydroxyl groups is 1. The first-order valence-corrected chi connectivity index (χ1v) is 4.80. The van der Waals surface area contributed by atoms with Crippen LogP contribution in [0.1, 0.15) is 6.42 Å². The van der Waals surface area contributed by atoms with E-state index in [2.05, 4.69) is 4.90 Å². The van der Waals surface area contributed by atoms with Gasteiger partial charge in [0.2, 0.25) is 0 Å². The number of methoxy groups -OCH3 is 1. The van der Waals surface area contributed by atoms with Gasteiger partial charge in [-0.1, -0.05) is 0 Å². The lowest BCUT2D eigenvalue weighted by atomic mass is 10.2. The average molecular weight is 189 g/mol. The molecule has 1 heterocycles. The van der Waals surface area contributed by atoms with Crippen molar-refractivity contribution < 1.29 is 14.6 Å². The molecule has 0 saturated carbocycles. The third kappa shape index (κ3) is 3.60. The Hall–Kier alpha value is -0.160. The standard InChI is InChI=1S/C9H19NO3/c1-12-8-9(2-5-11)10-3-6-13-7-4-10/h9,11H,2-8H2,1H3. The van der Waals surface area contributed by atoms with Crippen molar-refractivity contribution in [2.45, 2.75) is 12.5 Å². The molecule has 1 aliphatic rings. The van der Waals surface area contributed by atoms with Gasteiger partial charge in [-0.05, 0) is 6.42 Å². The molecule has 0 bridgehead atoms. The topological polar surface area (TPSA) is 41.9 Å². The largest absolute Gasteiger partial charge is 0.396 e. The van der Waals surface area contributed by atoms with Crippen LogP contribution in [0, 0.1) is 0 Å². The summed E-state index contributed by atoms with van der Waals surface area (Å²) >= 11 is 0. The summed E-state index contributed by atoms with van der Waals surface area (Å²) in [5, 5.41) is 8.88. The van der Waals surface area contributed by atoms with Crippen molar-refractivity contribution in [3.05, 3.63) is 0 Å². The van der Waals surface area contributed by atoms with E-state index in [4.69, 9.17) is 14.6 Å². The molecule has 0 aromatic carbocycles. The second-order valence-corrected chi connectivity index (χ2v) is 3.27. The fraction of sp³-hybridized carbons (Fsp3) is 1.00. The van der Waals surface area contributed by atoms with Crippen LogP contribution in [0.4, 0.5) is 0 Å². The Morgan fingerprint density at radius 3 is 2.69 bits per heavy atom. The number of morpholine rings is 1. The van der Waals surface area contributed by atoms with Crippen molar-refractivity contribution in [2.75, 3.05) is 46.6 Å². The van der Waals surface area contributed by atoms with Crippen molar-refractivity contribution in [1.29, 1.82) is 0 Å². The Morgan fingerprint density at radius 2 is 2.15 bits per heavy atom. The lowest BCUT2D eigenvalue weighted by Crippen LogP contribution is -2.45. The predicted octanol–water partition coefficient (Wildman–Crippen LogP) is -0.284. The van der Waals surface area contributed by atoms with Gasteiger partial charge in [0, 0.05) is 32.8 Å². The molecule has 0 aromatic rings. The molecule has 1 aliphatic heterocycles. The van der Waals surface area contributed by atoms with Crippen molar-refractivity contribution >= 4 is 0 Å².